The molecule has 2 aromatic heterocycles. The normalized spacial score (nSPS) is 15.5. The van der Waals surface area contributed by atoms with Crippen LogP contribution in [0, 0.1) is 13.8 Å². The second kappa shape index (κ2) is 7.36. The van der Waals surface area contributed by atoms with Crippen molar-refractivity contribution < 1.29 is 9.90 Å². The van der Waals surface area contributed by atoms with Crippen LogP contribution >= 0.6 is 0 Å². The molecule has 1 saturated heterocycles. The van der Waals surface area contributed by atoms with Crippen molar-refractivity contribution in [3.05, 3.63) is 39.6 Å². The first-order chi connectivity index (χ1) is 12.4. The molecule has 0 radical (unpaired) electrons. The van der Waals surface area contributed by atoms with Gasteiger partial charge in [0.2, 0.25) is 5.91 Å². The Hall–Kier alpha value is -2.55. The van der Waals surface area contributed by atoms with Crippen molar-refractivity contribution >= 4 is 5.91 Å². The zero-order valence-electron chi connectivity index (χ0n) is 15.3. The predicted molar refractivity (Wildman–Crippen MR) is 93.5 cm³/mol. The molecule has 0 atom stereocenters. The van der Waals surface area contributed by atoms with E-state index in [9.17, 15) is 14.7 Å². The van der Waals surface area contributed by atoms with Gasteiger partial charge in [0.15, 0.2) is 5.82 Å². The van der Waals surface area contributed by atoms with E-state index in [1.165, 1.54) is 4.57 Å². The fourth-order valence-electron chi connectivity index (χ4n) is 3.46. The third-order valence-corrected chi connectivity index (χ3v) is 4.99. The first-order valence-electron chi connectivity index (χ1n) is 8.72. The summed E-state index contributed by atoms with van der Waals surface area (Å²) in [4.78, 5) is 30.3. The summed E-state index contributed by atoms with van der Waals surface area (Å²) in [5, 5.41) is 17.4. The van der Waals surface area contributed by atoms with E-state index in [4.69, 9.17) is 0 Å². The fraction of sp³-hybridized carbons (Fsp3) is 0.588. The van der Waals surface area contributed by atoms with E-state index in [0.717, 1.165) is 24.4 Å². The molecule has 1 amide bonds. The molecule has 0 bridgehead atoms. The Morgan fingerprint density at radius 1 is 1.27 bits per heavy atom. The van der Waals surface area contributed by atoms with E-state index in [0.29, 0.717) is 24.6 Å². The molecule has 0 saturated carbocycles. The number of aliphatic hydroxyl groups excluding tert-OH is 1. The number of piperidine rings is 1. The number of carbonyl (C=O) groups is 1. The second-order valence-corrected chi connectivity index (χ2v) is 6.75. The summed E-state index contributed by atoms with van der Waals surface area (Å²) >= 11 is 0. The van der Waals surface area contributed by atoms with Crippen molar-refractivity contribution in [3.8, 4) is 0 Å². The third-order valence-electron chi connectivity index (χ3n) is 4.99. The van der Waals surface area contributed by atoms with Gasteiger partial charge in [-0.05, 0) is 32.8 Å². The number of likely N-dealkylation sites (tertiary alicyclic amines) is 1. The molecule has 1 aliphatic heterocycles. The average molecular weight is 360 g/mol. The number of hydrogen-bond donors (Lipinski definition) is 1. The van der Waals surface area contributed by atoms with Gasteiger partial charge in [0.05, 0.1) is 0 Å². The van der Waals surface area contributed by atoms with Crippen LogP contribution in [0.5, 0.6) is 0 Å². The van der Waals surface area contributed by atoms with Crippen LogP contribution in [0.4, 0.5) is 0 Å². The van der Waals surface area contributed by atoms with Gasteiger partial charge in [0, 0.05) is 37.4 Å². The number of hydrogen-bond acceptors (Lipinski definition) is 6. The molecule has 2 aromatic rings. The molecule has 3 rings (SSSR count). The van der Waals surface area contributed by atoms with Gasteiger partial charge >= 0.3 is 5.69 Å². The first-order valence-corrected chi connectivity index (χ1v) is 8.72. The summed E-state index contributed by atoms with van der Waals surface area (Å²) in [5.74, 6) is 1.52. The second-order valence-electron chi connectivity index (χ2n) is 6.75. The van der Waals surface area contributed by atoms with Crippen LogP contribution in [0.3, 0.4) is 0 Å². The van der Waals surface area contributed by atoms with Crippen LogP contribution in [0.15, 0.2) is 10.9 Å². The summed E-state index contributed by atoms with van der Waals surface area (Å²) in [6.45, 7) is 4.67. The molecule has 0 aliphatic carbocycles. The van der Waals surface area contributed by atoms with Gasteiger partial charge in [-0.25, -0.2) is 4.79 Å². The van der Waals surface area contributed by atoms with Crippen molar-refractivity contribution in [2.75, 3.05) is 13.1 Å². The molecular weight excluding hydrogens is 336 g/mol. The number of rotatable bonds is 4. The molecule has 0 unspecified atom stereocenters. The zero-order chi connectivity index (χ0) is 18.8. The Morgan fingerprint density at radius 3 is 2.54 bits per heavy atom. The highest BCUT2D eigenvalue weighted by Crippen LogP contribution is 2.26. The molecular formula is C17H24N6O3. The maximum Gasteiger partial charge on any atom is 0.348 e. The molecule has 3 heterocycles. The highest BCUT2D eigenvalue weighted by molar-refractivity contribution is 5.76. The quantitative estimate of drug-likeness (QED) is 0.815. The molecule has 0 spiro atoms. The van der Waals surface area contributed by atoms with Gasteiger partial charge in [0.25, 0.3) is 0 Å². The molecule has 1 fully saturated rings. The molecule has 9 heteroatoms. The standard InChI is InChI=1S/C17H24N6O3/c1-11-8-12(2)23(17(26)18-11)9-15(25)22-6-4-13(5-7-22)16-20-19-14(10-24)21(16)3/h8,13,24H,4-7,9-10H2,1-3H3. The van der Waals surface area contributed by atoms with E-state index in [1.807, 2.05) is 18.5 Å². The minimum Gasteiger partial charge on any atom is -0.388 e. The summed E-state index contributed by atoms with van der Waals surface area (Å²) in [5.41, 5.74) is 1.01. The number of nitrogens with zero attached hydrogens (tertiary/aromatic N) is 6. The lowest BCUT2D eigenvalue weighted by atomic mass is 9.96. The van der Waals surface area contributed by atoms with Crippen molar-refractivity contribution in [3.63, 3.8) is 0 Å². The number of aromatic nitrogens is 5. The zero-order valence-corrected chi connectivity index (χ0v) is 15.3. The monoisotopic (exact) mass is 360 g/mol. The first kappa shape index (κ1) is 18.2. The third kappa shape index (κ3) is 3.52. The SMILES string of the molecule is Cc1cc(C)n(CC(=O)N2CCC(c3nnc(CO)n3C)CC2)c(=O)n1. The molecule has 1 aliphatic rings. The van der Waals surface area contributed by atoms with E-state index in [1.54, 1.807) is 17.9 Å². The molecule has 1 N–H and O–H groups in total. The highest BCUT2D eigenvalue weighted by Gasteiger charge is 2.27. The molecule has 140 valence electrons. The van der Waals surface area contributed by atoms with Crippen LogP contribution in [0.1, 0.15) is 41.8 Å². The van der Waals surface area contributed by atoms with Gasteiger partial charge in [-0.2, -0.15) is 4.98 Å². The number of aliphatic hydroxyl groups is 1. The van der Waals surface area contributed by atoms with Crippen molar-refractivity contribution in [2.24, 2.45) is 7.05 Å². The summed E-state index contributed by atoms with van der Waals surface area (Å²) < 4.78 is 3.24. The van der Waals surface area contributed by atoms with Gasteiger partial charge in [-0.1, -0.05) is 0 Å². The summed E-state index contributed by atoms with van der Waals surface area (Å²) in [6.07, 6.45) is 1.56. The van der Waals surface area contributed by atoms with Crippen molar-refractivity contribution in [1.82, 2.24) is 29.2 Å². The average Bonchev–Trinajstić information content (AvgIpc) is 2.98. The van der Waals surface area contributed by atoms with Gasteiger partial charge in [-0.15, -0.1) is 10.2 Å². The van der Waals surface area contributed by atoms with Gasteiger partial charge in [0.1, 0.15) is 19.0 Å². The number of carbonyl (C=O) groups excluding carboxylic acids is 1. The number of amides is 1. The van der Waals surface area contributed by atoms with E-state index >= 15 is 0 Å². The summed E-state index contributed by atoms with van der Waals surface area (Å²) in [7, 11) is 1.85. The van der Waals surface area contributed by atoms with E-state index in [2.05, 4.69) is 15.2 Å². The lowest BCUT2D eigenvalue weighted by molar-refractivity contribution is -0.133. The molecule has 0 aromatic carbocycles. The van der Waals surface area contributed by atoms with E-state index < -0.39 is 0 Å². The Bertz CT molecular complexity index is 864. The van der Waals surface area contributed by atoms with Crippen molar-refractivity contribution in [2.45, 2.75) is 45.8 Å². The topological polar surface area (TPSA) is 106 Å². The van der Waals surface area contributed by atoms with Crippen LogP contribution in [0.2, 0.25) is 0 Å². The summed E-state index contributed by atoms with van der Waals surface area (Å²) in [6, 6.07) is 1.80. The van der Waals surface area contributed by atoms with E-state index in [-0.39, 0.29) is 30.7 Å². The highest BCUT2D eigenvalue weighted by atomic mass is 16.3. The largest absolute Gasteiger partial charge is 0.388 e. The minimum absolute atomic E-state index is 0.0151. The lowest BCUT2D eigenvalue weighted by Gasteiger charge is -2.31. The smallest absolute Gasteiger partial charge is 0.348 e. The molecule has 26 heavy (non-hydrogen) atoms. The molecule has 9 nitrogen and oxygen atoms in total. The maximum absolute atomic E-state index is 12.6. The maximum atomic E-state index is 12.6. The number of aryl methyl sites for hydroxylation is 2. The lowest BCUT2D eigenvalue weighted by Crippen LogP contribution is -2.42. The van der Waals surface area contributed by atoms with Gasteiger partial charge < -0.3 is 14.6 Å². The Kier molecular flexibility index (Phi) is 5.17. The van der Waals surface area contributed by atoms with Gasteiger partial charge in [-0.3, -0.25) is 9.36 Å². The Morgan fingerprint density at radius 2 is 1.96 bits per heavy atom. The van der Waals surface area contributed by atoms with Crippen LogP contribution in [-0.2, 0) is 25.0 Å². The van der Waals surface area contributed by atoms with Crippen LogP contribution in [0.25, 0.3) is 0 Å². The fourth-order valence-corrected chi connectivity index (χ4v) is 3.46. The Balaban J connectivity index is 1.64. The predicted octanol–water partition coefficient (Wildman–Crippen LogP) is -0.113. The van der Waals surface area contributed by atoms with Crippen LogP contribution in [-0.4, -0.2) is 53.3 Å². The minimum atomic E-state index is -0.388. The van der Waals surface area contributed by atoms with Crippen LogP contribution < -0.4 is 5.69 Å². The Labute approximate surface area is 151 Å². The van der Waals surface area contributed by atoms with Crippen molar-refractivity contribution in [1.29, 1.82) is 0 Å².